The second-order valence-electron chi connectivity index (χ2n) is 8.33. The molecule has 45 heavy (non-hydrogen) atoms. The summed E-state index contributed by atoms with van der Waals surface area (Å²) in [4.78, 5) is 37.7. The van der Waals surface area contributed by atoms with Crippen molar-refractivity contribution < 1.29 is 24.3 Å². The molecule has 0 saturated heterocycles. The molecule has 0 fully saturated rings. The number of carboxylic acid groups (broad SMARTS) is 1. The second-order valence-corrected chi connectivity index (χ2v) is 15.8. The van der Waals surface area contributed by atoms with Gasteiger partial charge in [-0.3, -0.25) is 24.8 Å². The number of aromatic carboxylic acids is 1. The van der Waals surface area contributed by atoms with Gasteiger partial charge in [-0.2, -0.15) is 0 Å². The molecule has 0 bridgehead atoms. The maximum absolute atomic E-state index is 10.7. The third kappa shape index (κ3) is 13.2. The van der Waals surface area contributed by atoms with Crippen LogP contribution < -0.4 is 11.5 Å². The molecule has 0 aliphatic carbocycles. The maximum Gasteiger partial charge on any atom is 0.339 e. The number of nitrogen functional groups attached to an aromatic ring is 2. The molecule has 1 heterocycles. The van der Waals surface area contributed by atoms with Crippen molar-refractivity contribution in [3.05, 3.63) is 121 Å². The van der Waals surface area contributed by atoms with Gasteiger partial charge in [-0.15, -0.1) is 0 Å². The van der Waals surface area contributed by atoms with Crippen LogP contribution in [0.4, 0.5) is 22.7 Å². The van der Waals surface area contributed by atoms with Gasteiger partial charge in [0.1, 0.15) is 5.82 Å². The number of nitrogens with two attached hydrogens (primary N) is 2. The van der Waals surface area contributed by atoms with E-state index in [1.54, 1.807) is 30.3 Å². The van der Waals surface area contributed by atoms with Crippen molar-refractivity contribution in [2.75, 3.05) is 11.5 Å². The van der Waals surface area contributed by atoms with E-state index in [9.17, 15) is 29.6 Å². The smallest absolute Gasteiger partial charge is 0.339 e. The molecule has 0 aliphatic heterocycles. The number of nitrogens with one attached hydrogen (secondary N) is 1. The first-order chi connectivity index (χ1) is 20.9. The van der Waals surface area contributed by atoms with Crippen LogP contribution in [0.5, 0.6) is 0 Å². The Balaban J connectivity index is 0.000000233. The molecule has 0 amide bonds. The van der Waals surface area contributed by atoms with Crippen LogP contribution in [0.3, 0.4) is 0 Å². The molecule has 0 spiro atoms. The molecule has 1 aromatic heterocycles. The van der Waals surface area contributed by atoms with Crippen molar-refractivity contribution in [1.82, 2.24) is 9.97 Å². The molecule has 0 atom stereocenters. The van der Waals surface area contributed by atoms with Crippen LogP contribution in [-0.4, -0.2) is 30.9 Å². The van der Waals surface area contributed by atoms with E-state index in [-0.39, 0.29) is 22.6 Å². The Morgan fingerprint density at radius 1 is 0.778 bits per heavy atom. The van der Waals surface area contributed by atoms with Crippen LogP contribution in [0.1, 0.15) is 10.4 Å². The van der Waals surface area contributed by atoms with Gasteiger partial charge in [-0.1, -0.05) is 23.2 Å². The zero-order valence-electron chi connectivity index (χ0n) is 22.3. The number of halogens is 5. The average Bonchev–Trinajstić information content (AvgIpc) is 3.38. The van der Waals surface area contributed by atoms with Gasteiger partial charge in [0, 0.05) is 39.9 Å². The number of hydrogen-bond donors (Lipinski definition) is 4. The summed E-state index contributed by atoms with van der Waals surface area (Å²) >= 11 is 25.2. The van der Waals surface area contributed by atoms with Gasteiger partial charge >= 0.3 is 11.2 Å². The van der Waals surface area contributed by atoms with Crippen molar-refractivity contribution in [3.63, 3.8) is 0 Å². The lowest BCUT2D eigenvalue weighted by molar-refractivity contribution is -0.384. The first kappa shape index (κ1) is 37.1. The molecule has 13 nitrogen and oxygen atoms in total. The summed E-state index contributed by atoms with van der Waals surface area (Å²) in [7, 11) is 0. The number of nitrogens with zero attached hydrogens (tertiary/aromatic N) is 3. The quantitative estimate of drug-likeness (QED) is 0.0592. The van der Waals surface area contributed by atoms with Gasteiger partial charge in [-0.05, 0) is 94.4 Å². The predicted octanol–water partition coefficient (Wildman–Crippen LogP) is 9.40. The average molecular weight is 737 g/mol. The number of carbonyl (C=O) groups is 1. The van der Waals surface area contributed by atoms with E-state index in [0.29, 0.717) is 32.6 Å². The Labute approximate surface area is 278 Å². The highest BCUT2D eigenvalue weighted by Gasteiger charge is 2.10. The number of nitro benzene ring substituents is 2. The third-order valence-electron chi connectivity index (χ3n) is 5.17. The number of anilines is 2. The van der Waals surface area contributed by atoms with E-state index in [2.05, 4.69) is 43.7 Å². The van der Waals surface area contributed by atoms with Crippen molar-refractivity contribution in [2.24, 2.45) is 0 Å². The Morgan fingerprint density at radius 3 is 1.71 bits per heavy atom. The lowest BCUT2D eigenvalue weighted by atomic mass is 10.2. The van der Waals surface area contributed by atoms with Crippen molar-refractivity contribution in [2.45, 2.75) is 0 Å². The van der Waals surface area contributed by atoms with E-state index < -0.39 is 21.0 Å². The van der Waals surface area contributed by atoms with Crippen molar-refractivity contribution in [3.8, 4) is 11.4 Å². The lowest BCUT2D eigenvalue weighted by Gasteiger charge is -1.97. The van der Waals surface area contributed by atoms with Gasteiger partial charge in [0.2, 0.25) is 0 Å². The highest BCUT2D eigenvalue weighted by atomic mass is 36.0. The number of non-ortho nitro benzene ring substituents is 2. The summed E-state index contributed by atoms with van der Waals surface area (Å²) in [6.45, 7) is 0. The molecule has 0 unspecified atom stereocenters. The molecule has 0 radical (unpaired) electrons. The molecule has 0 saturated carbocycles. The van der Waals surface area contributed by atoms with Crippen LogP contribution >= 0.6 is 62.1 Å². The van der Waals surface area contributed by atoms with Crippen LogP contribution in [0.25, 0.3) is 22.4 Å². The lowest BCUT2D eigenvalue weighted by Crippen LogP contribution is -1.96. The molecule has 4 aromatic carbocycles. The fourth-order valence-electron chi connectivity index (χ4n) is 3.12. The summed E-state index contributed by atoms with van der Waals surface area (Å²) in [5.41, 5.74) is 13.7. The fraction of sp³-hybridized carbons (Fsp3) is 0. The van der Waals surface area contributed by atoms with Crippen molar-refractivity contribution in [1.29, 1.82) is 0 Å². The molecule has 6 N–H and O–H groups in total. The predicted molar refractivity (Wildman–Crippen MR) is 179 cm³/mol. The summed E-state index contributed by atoms with van der Waals surface area (Å²) < 4.78 is 9.51. The second kappa shape index (κ2) is 16.8. The van der Waals surface area contributed by atoms with Gasteiger partial charge < -0.3 is 21.6 Å². The summed E-state index contributed by atoms with van der Waals surface area (Å²) in [6, 6.07) is 21.7. The summed E-state index contributed by atoms with van der Waals surface area (Å²) in [5.74, 6) is -0.274. The monoisotopic (exact) mass is 734 g/mol. The van der Waals surface area contributed by atoms with E-state index in [0.717, 1.165) is 5.56 Å². The Bertz CT molecular complexity index is 1840. The first-order valence-corrected chi connectivity index (χ1v) is 17.0. The standard InChI is InChI=1S/C13H8ClN3O2.C7H5ClO2.C6H7N3O2.Cl3OP/c14-9-3-1-8(2-4-9)13-15-11-6-5-10(17(18)19)7-12(11)16-13;8-6-3-1-5(2-4-6)7(9)10;7-5-2-1-4(9(10)11)3-6(5)8;1-5(2,3)4/h1-7H,(H,15,16);1-4H,(H,9,10);1-3H,7-8H2;. The number of aromatic nitrogens is 2. The van der Waals surface area contributed by atoms with E-state index in [1.807, 2.05) is 12.1 Å². The van der Waals surface area contributed by atoms with Gasteiger partial charge in [0.05, 0.1) is 37.8 Å². The molecule has 5 rings (SSSR count). The number of H-pyrrole nitrogens is 1. The summed E-state index contributed by atoms with van der Waals surface area (Å²) in [5, 5.41) is 27.3. The minimum absolute atomic E-state index is 0.0406. The number of fused-ring (bicyclic) bond motifs is 1. The molecule has 19 heteroatoms. The Kier molecular flexibility index (Phi) is 13.9. The summed E-state index contributed by atoms with van der Waals surface area (Å²) in [6.07, 6.45) is 0. The normalized spacial score (nSPS) is 10.2. The molecule has 0 aliphatic rings. The number of nitro groups is 2. The zero-order chi connectivity index (χ0) is 33.9. The zero-order valence-corrected chi connectivity index (χ0v) is 27.0. The van der Waals surface area contributed by atoms with Crippen LogP contribution in [0.15, 0.2) is 84.9 Å². The minimum Gasteiger partial charge on any atom is -0.478 e. The highest BCUT2D eigenvalue weighted by molar-refractivity contribution is 8.24. The fourth-order valence-corrected chi connectivity index (χ4v) is 3.38. The topological polar surface area (TPSA) is 221 Å². The van der Waals surface area contributed by atoms with E-state index >= 15 is 0 Å². The largest absolute Gasteiger partial charge is 0.478 e. The van der Waals surface area contributed by atoms with Gasteiger partial charge in [0.15, 0.2) is 0 Å². The SMILES string of the molecule is Nc1ccc([N+](=O)[O-])cc1N.O=C(O)c1ccc(Cl)cc1.O=P(Cl)(Cl)Cl.O=[N+]([O-])c1ccc2nc(-c3ccc(Cl)cc3)[nH]c2c1. The Morgan fingerprint density at radius 2 is 1.24 bits per heavy atom. The highest BCUT2D eigenvalue weighted by Crippen LogP contribution is 2.61. The van der Waals surface area contributed by atoms with Crippen LogP contribution in [0, 0.1) is 20.2 Å². The van der Waals surface area contributed by atoms with Crippen LogP contribution in [0.2, 0.25) is 10.0 Å². The third-order valence-corrected chi connectivity index (χ3v) is 5.67. The van der Waals surface area contributed by atoms with Crippen LogP contribution in [-0.2, 0) is 4.57 Å². The first-order valence-electron chi connectivity index (χ1n) is 11.8. The number of aromatic amines is 1. The number of carboxylic acids is 1. The minimum atomic E-state index is -3.22. The van der Waals surface area contributed by atoms with E-state index in [1.165, 1.54) is 42.5 Å². The Hall–Kier alpha value is -4.10. The number of benzene rings is 4. The number of hydrogen-bond acceptors (Lipinski definition) is 9. The maximum atomic E-state index is 10.7. The number of imidazole rings is 1. The molecule has 5 aromatic rings. The molecular formula is C26H20Cl5N6O7P. The number of rotatable bonds is 4. The molecular weight excluding hydrogens is 717 g/mol. The molecule has 236 valence electrons. The van der Waals surface area contributed by atoms with Gasteiger partial charge in [-0.25, -0.2) is 9.78 Å². The van der Waals surface area contributed by atoms with E-state index in [4.69, 9.17) is 39.8 Å². The van der Waals surface area contributed by atoms with Gasteiger partial charge in [0.25, 0.3) is 11.4 Å². The van der Waals surface area contributed by atoms with Crippen molar-refractivity contribution >= 4 is 102 Å².